The maximum atomic E-state index is 11.9. The van der Waals surface area contributed by atoms with Gasteiger partial charge >= 0.3 is 0 Å². The van der Waals surface area contributed by atoms with Gasteiger partial charge in [0.15, 0.2) is 0 Å². The van der Waals surface area contributed by atoms with Crippen LogP contribution in [0.4, 0.5) is 5.95 Å². The lowest BCUT2D eigenvalue weighted by atomic mass is 10.1. The van der Waals surface area contributed by atoms with Crippen molar-refractivity contribution >= 4 is 11.9 Å². The van der Waals surface area contributed by atoms with E-state index in [1.807, 2.05) is 11.9 Å². The SMILES string of the molecule is CNC(=O)C1CN(C)CCN1c1ncccn1. The van der Waals surface area contributed by atoms with E-state index in [1.165, 1.54) is 0 Å². The minimum atomic E-state index is -0.221. The first-order chi connectivity index (χ1) is 8.22. The Bertz CT molecular complexity index is 383. The van der Waals surface area contributed by atoms with Crippen LogP contribution in [0.25, 0.3) is 0 Å². The maximum absolute atomic E-state index is 11.9. The predicted octanol–water partition coefficient (Wildman–Crippen LogP) is -0.657. The van der Waals surface area contributed by atoms with Crippen molar-refractivity contribution in [3.63, 3.8) is 0 Å². The topological polar surface area (TPSA) is 61.4 Å². The molecule has 0 radical (unpaired) electrons. The van der Waals surface area contributed by atoms with Crippen LogP contribution >= 0.6 is 0 Å². The second-order valence-electron chi connectivity index (χ2n) is 4.13. The second kappa shape index (κ2) is 5.09. The summed E-state index contributed by atoms with van der Waals surface area (Å²) < 4.78 is 0. The van der Waals surface area contributed by atoms with Crippen LogP contribution in [0.3, 0.4) is 0 Å². The fraction of sp³-hybridized carbons (Fsp3) is 0.545. The zero-order valence-corrected chi connectivity index (χ0v) is 10.1. The number of hydrogen-bond donors (Lipinski definition) is 1. The normalized spacial score (nSPS) is 21.3. The van der Waals surface area contributed by atoms with Gasteiger partial charge in [-0.1, -0.05) is 0 Å². The van der Waals surface area contributed by atoms with E-state index in [0.29, 0.717) is 12.5 Å². The second-order valence-corrected chi connectivity index (χ2v) is 4.13. The number of carbonyl (C=O) groups is 1. The lowest BCUT2D eigenvalue weighted by molar-refractivity contribution is -0.122. The van der Waals surface area contributed by atoms with Crippen molar-refractivity contribution in [1.29, 1.82) is 0 Å². The van der Waals surface area contributed by atoms with E-state index in [2.05, 4.69) is 20.2 Å². The van der Waals surface area contributed by atoms with Crippen LogP contribution in [0.15, 0.2) is 18.5 Å². The molecule has 0 spiro atoms. The monoisotopic (exact) mass is 235 g/mol. The number of carbonyl (C=O) groups excluding carboxylic acids is 1. The molecule has 17 heavy (non-hydrogen) atoms. The minimum absolute atomic E-state index is 0.00371. The molecule has 1 aromatic rings. The Labute approximate surface area is 101 Å². The van der Waals surface area contributed by atoms with Crippen LogP contribution in [0.5, 0.6) is 0 Å². The summed E-state index contributed by atoms with van der Waals surface area (Å²) in [6.07, 6.45) is 3.39. The van der Waals surface area contributed by atoms with Gasteiger partial charge in [-0.15, -0.1) is 0 Å². The van der Waals surface area contributed by atoms with Crippen LogP contribution in [0.2, 0.25) is 0 Å². The standard InChI is InChI=1S/C11H17N5O/c1-12-10(17)9-8-15(2)6-7-16(9)11-13-4-3-5-14-11/h3-5,9H,6-8H2,1-2H3,(H,12,17). The summed E-state index contributed by atoms with van der Waals surface area (Å²) in [5, 5.41) is 2.69. The largest absolute Gasteiger partial charge is 0.357 e. The summed E-state index contributed by atoms with van der Waals surface area (Å²) in [6, 6.07) is 1.55. The van der Waals surface area contributed by atoms with E-state index in [0.717, 1.165) is 13.1 Å². The molecule has 2 rings (SSSR count). The molecular weight excluding hydrogens is 218 g/mol. The van der Waals surface area contributed by atoms with Crippen LogP contribution in [-0.2, 0) is 4.79 Å². The molecular formula is C11H17N5O. The molecule has 2 heterocycles. The summed E-state index contributed by atoms with van der Waals surface area (Å²) in [6.45, 7) is 2.36. The zero-order chi connectivity index (χ0) is 12.3. The molecule has 92 valence electrons. The van der Waals surface area contributed by atoms with Crippen molar-refractivity contribution in [3.8, 4) is 0 Å². The first-order valence-electron chi connectivity index (χ1n) is 5.66. The number of hydrogen-bond acceptors (Lipinski definition) is 5. The molecule has 6 nitrogen and oxygen atoms in total. The maximum Gasteiger partial charge on any atom is 0.243 e. The summed E-state index contributed by atoms with van der Waals surface area (Å²) in [7, 11) is 3.67. The third-order valence-electron chi connectivity index (χ3n) is 2.94. The highest BCUT2D eigenvalue weighted by atomic mass is 16.2. The smallest absolute Gasteiger partial charge is 0.243 e. The summed E-state index contributed by atoms with van der Waals surface area (Å²) in [5.41, 5.74) is 0. The van der Waals surface area contributed by atoms with Gasteiger partial charge < -0.3 is 15.1 Å². The van der Waals surface area contributed by atoms with E-state index >= 15 is 0 Å². The molecule has 1 saturated heterocycles. The number of nitrogens with zero attached hydrogens (tertiary/aromatic N) is 4. The van der Waals surface area contributed by atoms with E-state index in [4.69, 9.17) is 0 Å². The van der Waals surface area contributed by atoms with Gasteiger partial charge in [0.05, 0.1) is 0 Å². The van der Waals surface area contributed by atoms with E-state index in [9.17, 15) is 4.79 Å². The van der Waals surface area contributed by atoms with Crippen molar-refractivity contribution in [2.75, 3.05) is 38.6 Å². The predicted molar refractivity (Wildman–Crippen MR) is 64.7 cm³/mol. The Morgan fingerprint density at radius 2 is 2.12 bits per heavy atom. The Balaban J connectivity index is 2.22. The molecule has 0 saturated carbocycles. The lowest BCUT2D eigenvalue weighted by Crippen LogP contribution is -2.58. The molecule has 1 aliphatic rings. The van der Waals surface area contributed by atoms with Crippen molar-refractivity contribution in [2.45, 2.75) is 6.04 Å². The molecule has 1 aromatic heterocycles. The Kier molecular flexibility index (Phi) is 3.53. The Morgan fingerprint density at radius 1 is 1.41 bits per heavy atom. The van der Waals surface area contributed by atoms with E-state index < -0.39 is 0 Å². The molecule has 1 amide bonds. The van der Waals surface area contributed by atoms with Crippen LogP contribution in [0, 0.1) is 0 Å². The van der Waals surface area contributed by atoms with Crippen LogP contribution in [0.1, 0.15) is 0 Å². The van der Waals surface area contributed by atoms with Crippen molar-refractivity contribution in [3.05, 3.63) is 18.5 Å². The Morgan fingerprint density at radius 3 is 2.76 bits per heavy atom. The third-order valence-corrected chi connectivity index (χ3v) is 2.94. The highest BCUT2D eigenvalue weighted by Gasteiger charge is 2.31. The van der Waals surface area contributed by atoms with Gasteiger partial charge in [-0.05, 0) is 13.1 Å². The third kappa shape index (κ3) is 2.52. The fourth-order valence-electron chi connectivity index (χ4n) is 1.99. The minimum Gasteiger partial charge on any atom is -0.357 e. The molecule has 0 bridgehead atoms. The summed E-state index contributed by atoms with van der Waals surface area (Å²) in [5.74, 6) is 0.623. The van der Waals surface area contributed by atoms with Crippen molar-refractivity contribution < 1.29 is 4.79 Å². The average molecular weight is 235 g/mol. The highest BCUT2D eigenvalue weighted by molar-refractivity contribution is 5.85. The highest BCUT2D eigenvalue weighted by Crippen LogP contribution is 2.15. The molecule has 1 unspecified atom stereocenters. The molecule has 1 N–H and O–H groups in total. The van der Waals surface area contributed by atoms with Gasteiger partial charge in [0, 0.05) is 39.1 Å². The molecule has 1 atom stereocenters. The molecule has 0 aliphatic carbocycles. The molecule has 6 heteroatoms. The number of nitrogens with one attached hydrogen (secondary N) is 1. The van der Waals surface area contributed by atoms with Gasteiger partial charge in [-0.25, -0.2) is 9.97 Å². The van der Waals surface area contributed by atoms with Crippen molar-refractivity contribution in [2.24, 2.45) is 0 Å². The van der Waals surface area contributed by atoms with Gasteiger partial charge in [0.1, 0.15) is 6.04 Å². The van der Waals surface area contributed by atoms with Gasteiger partial charge in [0.25, 0.3) is 0 Å². The lowest BCUT2D eigenvalue weighted by Gasteiger charge is -2.38. The number of aromatic nitrogens is 2. The Hall–Kier alpha value is -1.69. The molecule has 1 aliphatic heterocycles. The number of anilines is 1. The quantitative estimate of drug-likeness (QED) is 0.737. The van der Waals surface area contributed by atoms with Crippen LogP contribution in [-0.4, -0.2) is 60.5 Å². The fourth-order valence-corrected chi connectivity index (χ4v) is 1.99. The average Bonchev–Trinajstić information content (AvgIpc) is 2.38. The first kappa shape index (κ1) is 11.8. The summed E-state index contributed by atoms with van der Waals surface area (Å²) >= 11 is 0. The van der Waals surface area contributed by atoms with Gasteiger partial charge in [-0.2, -0.15) is 0 Å². The van der Waals surface area contributed by atoms with Crippen LogP contribution < -0.4 is 10.2 Å². The zero-order valence-electron chi connectivity index (χ0n) is 10.1. The summed E-state index contributed by atoms with van der Waals surface area (Å²) in [4.78, 5) is 24.4. The number of piperazine rings is 1. The molecule has 0 aromatic carbocycles. The molecule has 1 fully saturated rings. The number of amides is 1. The van der Waals surface area contributed by atoms with Gasteiger partial charge in [0.2, 0.25) is 11.9 Å². The number of rotatable bonds is 2. The van der Waals surface area contributed by atoms with E-state index in [-0.39, 0.29) is 11.9 Å². The first-order valence-corrected chi connectivity index (χ1v) is 5.66. The number of likely N-dealkylation sites (N-methyl/N-ethyl adjacent to an activating group) is 2. The van der Waals surface area contributed by atoms with Gasteiger partial charge in [-0.3, -0.25) is 4.79 Å². The van der Waals surface area contributed by atoms with Crippen molar-refractivity contribution in [1.82, 2.24) is 20.2 Å². The van der Waals surface area contributed by atoms with E-state index in [1.54, 1.807) is 25.5 Å².